The Labute approximate surface area is 107 Å². The van der Waals surface area contributed by atoms with E-state index in [9.17, 15) is 13.2 Å². The maximum Gasteiger partial charge on any atom is 0.437 e. The summed E-state index contributed by atoms with van der Waals surface area (Å²) in [7, 11) is 0. The van der Waals surface area contributed by atoms with E-state index in [1.165, 1.54) is 18.2 Å². The molecule has 0 unspecified atom stereocenters. The molecule has 0 aliphatic heterocycles. The third-order valence-corrected chi connectivity index (χ3v) is 2.89. The van der Waals surface area contributed by atoms with Crippen LogP contribution in [0.25, 0.3) is 11.3 Å². The number of benzene rings is 1. The fraction of sp³-hybridized carbons (Fsp3) is 0.111. The predicted molar refractivity (Wildman–Crippen MR) is 59.5 cm³/mol. The third-order valence-electron chi connectivity index (χ3n) is 2.00. The van der Waals surface area contributed by atoms with Crippen molar-refractivity contribution < 1.29 is 13.2 Å². The second kappa shape index (κ2) is 4.30. The van der Waals surface area contributed by atoms with Crippen LogP contribution in [-0.2, 0) is 6.18 Å². The first-order valence-electron chi connectivity index (χ1n) is 4.33. The molecule has 0 bridgehead atoms. The molecule has 1 N–H and O–H groups in total. The van der Waals surface area contributed by atoms with Crippen LogP contribution >= 0.6 is 27.5 Å². The van der Waals surface area contributed by atoms with Gasteiger partial charge in [-0.15, -0.1) is 0 Å². The van der Waals surface area contributed by atoms with E-state index >= 15 is 0 Å². The SMILES string of the molecule is FC(F)(F)c1n[nH]nc1-c1ccc(Cl)cc1Br. The number of aromatic nitrogens is 3. The highest BCUT2D eigenvalue weighted by Crippen LogP contribution is 2.37. The van der Waals surface area contributed by atoms with Crippen molar-refractivity contribution in [1.29, 1.82) is 0 Å². The van der Waals surface area contributed by atoms with Crippen LogP contribution in [0, 0.1) is 0 Å². The Morgan fingerprint density at radius 1 is 1.24 bits per heavy atom. The molecule has 1 aromatic carbocycles. The molecule has 0 aliphatic carbocycles. The zero-order valence-corrected chi connectivity index (χ0v) is 10.4. The molecule has 3 nitrogen and oxygen atoms in total. The molecule has 0 aliphatic rings. The van der Waals surface area contributed by atoms with Gasteiger partial charge < -0.3 is 0 Å². The fourth-order valence-corrected chi connectivity index (χ4v) is 2.17. The number of aromatic amines is 1. The van der Waals surface area contributed by atoms with Crippen LogP contribution < -0.4 is 0 Å². The third kappa shape index (κ3) is 2.44. The van der Waals surface area contributed by atoms with Gasteiger partial charge in [0, 0.05) is 15.1 Å². The number of nitrogens with one attached hydrogen (secondary N) is 1. The van der Waals surface area contributed by atoms with E-state index in [0.29, 0.717) is 9.50 Å². The number of hydrogen-bond acceptors (Lipinski definition) is 2. The van der Waals surface area contributed by atoms with Gasteiger partial charge in [0.2, 0.25) is 0 Å². The highest BCUT2D eigenvalue weighted by molar-refractivity contribution is 9.10. The van der Waals surface area contributed by atoms with E-state index in [2.05, 4.69) is 26.1 Å². The first-order valence-corrected chi connectivity index (χ1v) is 5.50. The fourth-order valence-electron chi connectivity index (χ4n) is 1.30. The Morgan fingerprint density at radius 2 is 1.94 bits per heavy atom. The second-order valence-corrected chi connectivity index (χ2v) is 4.43. The van der Waals surface area contributed by atoms with Gasteiger partial charge >= 0.3 is 6.18 Å². The van der Waals surface area contributed by atoms with Gasteiger partial charge in [-0.1, -0.05) is 33.6 Å². The number of halogens is 5. The minimum Gasteiger partial charge on any atom is -0.197 e. The van der Waals surface area contributed by atoms with Crippen molar-refractivity contribution in [2.75, 3.05) is 0 Å². The normalized spacial score (nSPS) is 11.8. The molecule has 0 amide bonds. The first kappa shape index (κ1) is 12.4. The largest absolute Gasteiger partial charge is 0.437 e. The summed E-state index contributed by atoms with van der Waals surface area (Å²) in [5, 5.41) is 9.01. The maximum absolute atomic E-state index is 12.6. The minimum absolute atomic E-state index is 0.263. The molecule has 0 fully saturated rings. The molecule has 0 atom stereocenters. The minimum atomic E-state index is -4.55. The Balaban J connectivity index is 2.58. The van der Waals surface area contributed by atoms with Crippen LogP contribution in [0.15, 0.2) is 22.7 Å². The van der Waals surface area contributed by atoms with Crippen molar-refractivity contribution in [3.63, 3.8) is 0 Å². The lowest BCUT2D eigenvalue weighted by Crippen LogP contribution is -2.07. The Hall–Kier alpha value is -1.08. The molecule has 2 rings (SSSR count). The Kier molecular flexibility index (Phi) is 3.13. The lowest BCUT2D eigenvalue weighted by Gasteiger charge is -2.06. The number of H-pyrrole nitrogens is 1. The smallest absolute Gasteiger partial charge is 0.197 e. The van der Waals surface area contributed by atoms with Gasteiger partial charge in [0.1, 0.15) is 5.69 Å². The van der Waals surface area contributed by atoms with Crippen LogP contribution in [0.2, 0.25) is 5.02 Å². The van der Waals surface area contributed by atoms with E-state index in [0.717, 1.165) is 0 Å². The number of hydrogen-bond donors (Lipinski definition) is 1. The van der Waals surface area contributed by atoms with Crippen LogP contribution in [-0.4, -0.2) is 15.4 Å². The first-order chi connectivity index (χ1) is 7.89. The maximum atomic E-state index is 12.6. The molecule has 2 aromatic rings. The molecule has 0 saturated carbocycles. The van der Waals surface area contributed by atoms with Gasteiger partial charge in [-0.2, -0.15) is 28.6 Å². The lowest BCUT2D eigenvalue weighted by atomic mass is 10.1. The summed E-state index contributed by atoms with van der Waals surface area (Å²) in [6, 6.07) is 4.42. The molecular weight excluding hydrogens is 322 g/mol. The molecule has 0 spiro atoms. The molecule has 90 valence electrons. The molecule has 1 heterocycles. The monoisotopic (exact) mass is 325 g/mol. The van der Waals surface area contributed by atoms with Gasteiger partial charge in [-0.05, 0) is 12.1 Å². The van der Waals surface area contributed by atoms with Gasteiger partial charge in [0.15, 0.2) is 5.69 Å². The molecule has 8 heteroatoms. The summed E-state index contributed by atoms with van der Waals surface area (Å²) in [4.78, 5) is 0. The summed E-state index contributed by atoms with van der Waals surface area (Å²) >= 11 is 8.85. The van der Waals surface area contributed by atoms with Crippen LogP contribution in [0.5, 0.6) is 0 Å². The number of nitrogens with zero attached hydrogens (tertiary/aromatic N) is 2. The number of alkyl halides is 3. The summed E-state index contributed by atoms with van der Waals surface area (Å²) in [5.74, 6) is 0. The molecule has 0 saturated heterocycles. The summed E-state index contributed by atoms with van der Waals surface area (Å²) in [6.45, 7) is 0. The summed E-state index contributed by atoms with van der Waals surface area (Å²) in [5.41, 5.74) is -1.04. The average Bonchev–Trinajstić information content (AvgIpc) is 2.65. The summed E-state index contributed by atoms with van der Waals surface area (Å²) < 4.78 is 38.3. The van der Waals surface area contributed by atoms with Gasteiger partial charge in [-0.25, -0.2) is 0 Å². The topological polar surface area (TPSA) is 41.6 Å². The zero-order chi connectivity index (χ0) is 12.6. The average molecular weight is 327 g/mol. The van der Waals surface area contributed by atoms with Crippen molar-refractivity contribution in [2.24, 2.45) is 0 Å². The van der Waals surface area contributed by atoms with Crippen LogP contribution in [0.3, 0.4) is 0 Å². The quantitative estimate of drug-likeness (QED) is 0.863. The highest BCUT2D eigenvalue weighted by Gasteiger charge is 2.38. The molecular formula is C9H4BrClF3N3. The molecule has 1 aromatic heterocycles. The lowest BCUT2D eigenvalue weighted by molar-refractivity contribution is -0.140. The second-order valence-electron chi connectivity index (χ2n) is 3.14. The highest BCUT2D eigenvalue weighted by atomic mass is 79.9. The van der Waals surface area contributed by atoms with E-state index < -0.39 is 11.9 Å². The zero-order valence-electron chi connectivity index (χ0n) is 8.02. The van der Waals surface area contributed by atoms with Gasteiger partial charge in [-0.3, -0.25) is 0 Å². The van der Waals surface area contributed by atoms with Crippen molar-refractivity contribution >= 4 is 27.5 Å². The van der Waals surface area contributed by atoms with Gasteiger partial charge in [0.05, 0.1) is 0 Å². The predicted octanol–water partition coefficient (Wildman–Crippen LogP) is 3.91. The van der Waals surface area contributed by atoms with E-state index in [-0.39, 0.29) is 11.3 Å². The standard InChI is InChI=1S/C9H4BrClF3N3/c10-6-3-4(11)1-2-5(6)7-8(9(12,13)14)16-17-15-7/h1-3H,(H,15,16,17). The molecule has 0 radical (unpaired) electrons. The van der Waals surface area contributed by atoms with Gasteiger partial charge in [0.25, 0.3) is 0 Å². The number of rotatable bonds is 1. The Bertz CT molecular complexity index is 553. The van der Waals surface area contributed by atoms with Crippen molar-refractivity contribution in [3.05, 3.63) is 33.4 Å². The van der Waals surface area contributed by atoms with E-state index in [1.807, 2.05) is 5.21 Å². The van der Waals surface area contributed by atoms with Crippen LogP contribution in [0.4, 0.5) is 13.2 Å². The van der Waals surface area contributed by atoms with Crippen LogP contribution in [0.1, 0.15) is 5.69 Å². The van der Waals surface area contributed by atoms with Crippen molar-refractivity contribution in [2.45, 2.75) is 6.18 Å². The van der Waals surface area contributed by atoms with E-state index in [1.54, 1.807) is 0 Å². The van der Waals surface area contributed by atoms with Crippen molar-refractivity contribution in [3.8, 4) is 11.3 Å². The Morgan fingerprint density at radius 3 is 2.53 bits per heavy atom. The van der Waals surface area contributed by atoms with E-state index in [4.69, 9.17) is 11.6 Å². The summed E-state index contributed by atoms with van der Waals surface area (Å²) in [6.07, 6.45) is -4.55. The molecule has 17 heavy (non-hydrogen) atoms. The van der Waals surface area contributed by atoms with Crippen molar-refractivity contribution in [1.82, 2.24) is 15.4 Å².